The van der Waals surface area contributed by atoms with Gasteiger partial charge in [0.15, 0.2) is 0 Å². The fraction of sp³-hybridized carbons (Fsp3) is 0.824. The van der Waals surface area contributed by atoms with Crippen molar-refractivity contribution < 1.29 is 0 Å². The van der Waals surface area contributed by atoms with E-state index < -0.39 is 0 Å². The molecule has 0 aromatic carbocycles. The number of aryl methyl sites for hydroxylation is 1. The second-order valence-corrected chi connectivity index (χ2v) is 7.71. The van der Waals surface area contributed by atoms with Crippen LogP contribution in [0.3, 0.4) is 0 Å². The monoisotopic (exact) mass is 294 g/mol. The Hall–Kier alpha value is -0.410. The van der Waals surface area contributed by atoms with Crippen molar-refractivity contribution in [1.29, 1.82) is 0 Å². The highest BCUT2D eigenvalue weighted by Gasteiger charge is 2.28. The van der Waals surface area contributed by atoms with E-state index in [0.29, 0.717) is 6.04 Å². The molecule has 2 nitrogen and oxygen atoms in total. The molecule has 3 heteroatoms. The summed E-state index contributed by atoms with van der Waals surface area (Å²) in [6.45, 7) is 10.1. The van der Waals surface area contributed by atoms with Gasteiger partial charge < -0.3 is 5.32 Å². The molecule has 1 N–H and O–H groups in total. The quantitative estimate of drug-likeness (QED) is 0.839. The number of likely N-dealkylation sites (N-methyl/N-ethyl adjacent to an activating group) is 1. The Morgan fingerprint density at radius 2 is 1.90 bits per heavy atom. The lowest BCUT2D eigenvalue weighted by atomic mass is 9.74. The van der Waals surface area contributed by atoms with Gasteiger partial charge in [0.1, 0.15) is 0 Å². The summed E-state index contributed by atoms with van der Waals surface area (Å²) in [6.07, 6.45) is 6.73. The van der Waals surface area contributed by atoms with Gasteiger partial charge in [0.25, 0.3) is 0 Å². The first-order chi connectivity index (χ1) is 9.60. The van der Waals surface area contributed by atoms with E-state index in [1.807, 2.05) is 0 Å². The van der Waals surface area contributed by atoms with Crippen LogP contribution in [0.15, 0.2) is 5.38 Å². The van der Waals surface area contributed by atoms with Gasteiger partial charge in [-0.3, -0.25) is 0 Å². The molecule has 0 bridgehead atoms. The zero-order valence-electron chi connectivity index (χ0n) is 13.5. The summed E-state index contributed by atoms with van der Waals surface area (Å²) in [4.78, 5) is 4.65. The van der Waals surface area contributed by atoms with Crippen LogP contribution in [-0.4, -0.2) is 17.6 Å². The van der Waals surface area contributed by atoms with E-state index in [4.69, 9.17) is 0 Å². The first-order valence-corrected chi connectivity index (χ1v) is 9.12. The maximum absolute atomic E-state index is 4.65. The van der Waals surface area contributed by atoms with Crippen LogP contribution in [0.4, 0.5) is 0 Å². The SMILES string of the molecule is CCNC(Cc1csc(C)n1)C1CCC(C(C)C)CC1. The summed E-state index contributed by atoms with van der Waals surface area (Å²) in [7, 11) is 0. The number of thiazole rings is 1. The zero-order chi connectivity index (χ0) is 14.5. The molecule has 0 saturated heterocycles. The highest BCUT2D eigenvalue weighted by atomic mass is 32.1. The lowest BCUT2D eigenvalue weighted by molar-refractivity contribution is 0.188. The van der Waals surface area contributed by atoms with E-state index in [-0.39, 0.29) is 0 Å². The molecule has 1 atom stereocenters. The van der Waals surface area contributed by atoms with Gasteiger partial charge in [0, 0.05) is 17.8 Å². The summed E-state index contributed by atoms with van der Waals surface area (Å²) in [6, 6.07) is 0.620. The van der Waals surface area contributed by atoms with Crippen LogP contribution in [0.2, 0.25) is 0 Å². The summed E-state index contributed by atoms with van der Waals surface area (Å²) < 4.78 is 0. The van der Waals surface area contributed by atoms with Gasteiger partial charge in [-0.1, -0.05) is 20.8 Å². The second-order valence-electron chi connectivity index (χ2n) is 6.65. The van der Waals surface area contributed by atoms with Crippen molar-refractivity contribution in [3.63, 3.8) is 0 Å². The molecule has 1 heterocycles. The van der Waals surface area contributed by atoms with E-state index in [1.165, 1.54) is 36.4 Å². The fourth-order valence-corrected chi connectivity index (χ4v) is 4.23. The molecular weight excluding hydrogens is 264 g/mol. The average molecular weight is 295 g/mol. The third kappa shape index (κ3) is 4.29. The molecule has 1 unspecified atom stereocenters. The molecule has 1 aliphatic rings. The van der Waals surface area contributed by atoms with Crippen molar-refractivity contribution in [3.05, 3.63) is 16.1 Å². The van der Waals surface area contributed by atoms with Crippen molar-refractivity contribution in [3.8, 4) is 0 Å². The minimum Gasteiger partial charge on any atom is -0.314 e. The van der Waals surface area contributed by atoms with Crippen LogP contribution in [0.1, 0.15) is 57.2 Å². The van der Waals surface area contributed by atoms with E-state index in [0.717, 1.165) is 30.7 Å². The third-order valence-corrected chi connectivity index (χ3v) is 5.71. The number of rotatable bonds is 6. The maximum Gasteiger partial charge on any atom is 0.0897 e. The number of hydrogen-bond acceptors (Lipinski definition) is 3. The van der Waals surface area contributed by atoms with Gasteiger partial charge in [-0.15, -0.1) is 11.3 Å². The lowest BCUT2D eigenvalue weighted by Gasteiger charge is -2.35. The molecule has 2 rings (SSSR count). The zero-order valence-corrected chi connectivity index (χ0v) is 14.3. The van der Waals surface area contributed by atoms with E-state index >= 15 is 0 Å². The Labute approximate surface area is 128 Å². The van der Waals surface area contributed by atoms with Crippen molar-refractivity contribution in [2.24, 2.45) is 17.8 Å². The number of nitrogens with zero attached hydrogens (tertiary/aromatic N) is 1. The molecule has 0 radical (unpaired) electrons. The smallest absolute Gasteiger partial charge is 0.0897 e. The normalized spacial score (nSPS) is 25.1. The van der Waals surface area contributed by atoms with Crippen LogP contribution in [0.25, 0.3) is 0 Å². The van der Waals surface area contributed by atoms with Gasteiger partial charge in [0.05, 0.1) is 10.7 Å². The Morgan fingerprint density at radius 1 is 1.25 bits per heavy atom. The minimum absolute atomic E-state index is 0.620. The van der Waals surface area contributed by atoms with Crippen molar-refractivity contribution in [2.45, 2.75) is 65.8 Å². The predicted molar refractivity (Wildman–Crippen MR) is 88.3 cm³/mol. The summed E-state index contributed by atoms with van der Waals surface area (Å²) in [5.74, 6) is 2.65. The second kappa shape index (κ2) is 7.56. The van der Waals surface area contributed by atoms with E-state index in [9.17, 15) is 0 Å². The minimum atomic E-state index is 0.620. The van der Waals surface area contributed by atoms with Crippen LogP contribution in [0.5, 0.6) is 0 Å². The van der Waals surface area contributed by atoms with Crippen molar-refractivity contribution >= 4 is 11.3 Å². The largest absolute Gasteiger partial charge is 0.314 e. The third-order valence-electron chi connectivity index (χ3n) is 4.89. The highest BCUT2D eigenvalue weighted by Crippen LogP contribution is 2.35. The Balaban J connectivity index is 1.92. The number of hydrogen-bond donors (Lipinski definition) is 1. The molecule has 0 aliphatic heterocycles. The standard InChI is InChI=1S/C17H30N2S/c1-5-18-17(10-16-11-20-13(4)19-16)15-8-6-14(7-9-15)12(2)3/h11-12,14-15,17-18H,5-10H2,1-4H3. The molecule has 1 fully saturated rings. The van der Waals surface area contributed by atoms with Gasteiger partial charge in [0.2, 0.25) is 0 Å². The summed E-state index contributed by atoms with van der Waals surface area (Å²) >= 11 is 1.78. The molecule has 1 saturated carbocycles. The molecule has 0 amide bonds. The molecule has 1 aliphatic carbocycles. The topological polar surface area (TPSA) is 24.9 Å². The highest BCUT2D eigenvalue weighted by molar-refractivity contribution is 7.09. The maximum atomic E-state index is 4.65. The molecular formula is C17H30N2S. The predicted octanol–water partition coefficient (Wildman–Crippen LogP) is 4.43. The van der Waals surface area contributed by atoms with Crippen molar-refractivity contribution in [2.75, 3.05) is 6.54 Å². The van der Waals surface area contributed by atoms with Crippen LogP contribution in [-0.2, 0) is 6.42 Å². The summed E-state index contributed by atoms with van der Waals surface area (Å²) in [5.41, 5.74) is 1.28. The molecule has 1 aromatic rings. The van der Waals surface area contributed by atoms with Crippen molar-refractivity contribution in [1.82, 2.24) is 10.3 Å². The first-order valence-electron chi connectivity index (χ1n) is 8.24. The Morgan fingerprint density at radius 3 is 2.40 bits per heavy atom. The van der Waals surface area contributed by atoms with Gasteiger partial charge >= 0.3 is 0 Å². The van der Waals surface area contributed by atoms with Gasteiger partial charge in [-0.2, -0.15) is 0 Å². The van der Waals surface area contributed by atoms with Gasteiger partial charge in [-0.25, -0.2) is 4.98 Å². The first kappa shape index (κ1) is 16.0. The molecule has 1 aromatic heterocycles. The average Bonchev–Trinajstić information content (AvgIpc) is 2.84. The number of nitrogens with one attached hydrogen (secondary N) is 1. The Bertz CT molecular complexity index is 391. The van der Waals surface area contributed by atoms with E-state index in [2.05, 4.69) is 43.4 Å². The van der Waals surface area contributed by atoms with Crippen LogP contribution >= 0.6 is 11.3 Å². The Kier molecular flexibility index (Phi) is 6.03. The fourth-order valence-electron chi connectivity index (χ4n) is 3.61. The number of aromatic nitrogens is 1. The van der Waals surface area contributed by atoms with E-state index in [1.54, 1.807) is 11.3 Å². The van der Waals surface area contributed by atoms with Gasteiger partial charge in [-0.05, 0) is 56.9 Å². The lowest BCUT2D eigenvalue weighted by Crippen LogP contribution is -2.40. The molecule has 20 heavy (non-hydrogen) atoms. The summed E-state index contributed by atoms with van der Waals surface area (Å²) in [5, 5.41) is 7.15. The molecule has 114 valence electrons. The van der Waals surface area contributed by atoms with Crippen LogP contribution < -0.4 is 5.32 Å². The van der Waals surface area contributed by atoms with Crippen LogP contribution in [0, 0.1) is 24.7 Å². The molecule has 0 spiro atoms.